The molecule has 0 N–H and O–H groups in total. The molecule has 1 aromatic carbocycles. The Balaban J connectivity index is 2.28. The fourth-order valence-electron chi connectivity index (χ4n) is 2.28. The van der Waals surface area contributed by atoms with Crippen molar-refractivity contribution in [3.05, 3.63) is 29.8 Å². The first-order chi connectivity index (χ1) is 9.45. The van der Waals surface area contributed by atoms with Crippen LogP contribution in [0.1, 0.15) is 30.1 Å². The van der Waals surface area contributed by atoms with Gasteiger partial charge >= 0.3 is 0 Å². The number of halogens is 1. The van der Waals surface area contributed by atoms with Crippen LogP contribution < -0.4 is 0 Å². The number of benzene rings is 1. The maximum Gasteiger partial charge on any atom is 0.243 e. The topological polar surface area (TPSA) is 54.5 Å². The molecule has 110 valence electrons. The van der Waals surface area contributed by atoms with Crippen molar-refractivity contribution in [3.63, 3.8) is 0 Å². The minimum atomic E-state index is -3.48. The van der Waals surface area contributed by atoms with Gasteiger partial charge in [-0.15, -0.1) is 0 Å². The lowest BCUT2D eigenvalue weighted by Gasteiger charge is -2.29. The summed E-state index contributed by atoms with van der Waals surface area (Å²) in [5.74, 6) is 0.456. The van der Waals surface area contributed by atoms with Crippen molar-refractivity contribution >= 4 is 31.7 Å². The number of Topliss-reactive ketones (excluding diaryl/α,β-unsaturated/α-hetero) is 1. The van der Waals surface area contributed by atoms with Gasteiger partial charge in [-0.25, -0.2) is 8.42 Å². The van der Waals surface area contributed by atoms with Crippen LogP contribution >= 0.6 is 15.9 Å². The van der Waals surface area contributed by atoms with Crippen LogP contribution in [0.2, 0.25) is 0 Å². The van der Waals surface area contributed by atoms with Gasteiger partial charge in [-0.2, -0.15) is 4.31 Å². The lowest BCUT2D eigenvalue weighted by Crippen LogP contribution is -2.37. The van der Waals surface area contributed by atoms with Crippen molar-refractivity contribution in [1.82, 2.24) is 4.31 Å². The molecule has 6 heteroatoms. The summed E-state index contributed by atoms with van der Waals surface area (Å²) >= 11 is 3.10. The molecule has 0 aromatic heterocycles. The molecule has 1 heterocycles. The number of ketones is 1. The van der Waals surface area contributed by atoms with E-state index in [4.69, 9.17) is 0 Å². The van der Waals surface area contributed by atoms with Crippen LogP contribution in [0.3, 0.4) is 0 Å². The van der Waals surface area contributed by atoms with E-state index in [0.29, 0.717) is 24.6 Å². The summed E-state index contributed by atoms with van der Waals surface area (Å²) in [6.45, 7) is 3.25. The van der Waals surface area contributed by atoms with E-state index in [-0.39, 0.29) is 16.0 Å². The summed E-state index contributed by atoms with van der Waals surface area (Å²) < 4.78 is 26.6. The predicted octanol–water partition coefficient (Wildman–Crippen LogP) is 2.68. The number of hydrogen-bond acceptors (Lipinski definition) is 3. The molecular formula is C14H18BrNO3S. The third-order valence-electron chi connectivity index (χ3n) is 3.66. The largest absolute Gasteiger partial charge is 0.293 e. The van der Waals surface area contributed by atoms with Crippen molar-refractivity contribution in [2.24, 2.45) is 5.92 Å². The van der Waals surface area contributed by atoms with E-state index >= 15 is 0 Å². The van der Waals surface area contributed by atoms with E-state index in [9.17, 15) is 13.2 Å². The normalized spacial score (nSPS) is 18.1. The van der Waals surface area contributed by atoms with Gasteiger partial charge in [0.15, 0.2) is 5.78 Å². The molecule has 1 aliphatic heterocycles. The second-order valence-corrected chi connectivity index (χ2v) is 7.67. The Morgan fingerprint density at radius 1 is 1.35 bits per heavy atom. The Labute approximate surface area is 128 Å². The highest BCUT2D eigenvalue weighted by Gasteiger charge is 2.28. The summed E-state index contributed by atoms with van der Waals surface area (Å²) in [6, 6.07) is 6.28. The van der Waals surface area contributed by atoms with Crippen LogP contribution in [0.4, 0.5) is 0 Å². The van der Waals surface area contributed by atoms with Gasteiger partial charge in [0.2, 0.25) is 10.0 Å². The Kier molecular flexibility index (Phi) is 4.99. The van der Waals surface area contributed by atoms with Gasteiger partial charge < -0.3 is 0 Å². The summed E-state index contributed by atoms with van der Waals surface area (Å²) in [5.41, 5.74) is 0.424. The second kappa shape index (κ2) is 6.37. The first-order valence-corrected chi connectivity index (χ1v) is 9.20. The van der Waals surface area contributed by atoms with E-state index < -0.39 is 10.0 Å². The van der Waals surface area contributed by atoms with Gasteiger partial charge in [0.25, 0.3) is 0 Å². The molecule has 1 aromatic rings. The van der Waals surface area contributed by atoms with Gasteiger partial charge in [0, 0.05) is 18.7 Å². The van der Waals surface area contributed by atoms with E-state index in [1.165, 1.54) is 10.4 Å². The maximum absolute atomic E-state index is 12.6. The fourth-order valence-corrected chi connectivity index (χ4v) is 4.12. The van der Waals surface area contributed by atoms with E-state index in [0.717, 1.165) is 12.8 Å². The zero-order chi connectivity index (χ0) is 14.8. The summed E-state index contributed by atoms with van der Waals surface area (Å²) in [6.07, 6.45) is 1.78. The average Bonchev–Trinajstić information content (AvgIpc) is 2.47. The molecule has 4 nitrogen and oxygen atoms in total. The molecule has 0 saturated carbocycles. The van der Waals surface area contributed by atoms with E-state index in [1.54, 1.807) is 18.2 Å². The minimum Gasteiger partial charge on any atom is -0.293 e. The summed E-state index contributed by atoms with van der Waals surface area (Å²) in [5, 5.41) is 0.192. The molecule has 2 rings (SSSR count). The molecule has 0 bridgehead atoms. The lowest BCUT2D eigenvalue weighted by atomic mass is 10.0. The van der Waals surface area contributed by atoms with Crippen molar-refractivity contribution in [2.45, 2.75) is 24.7 Å². The van der Waals surface area contributed by atoms with Crippen molar-refractivity contribution in [1.29, 1.82) is 0 Å². The molecule has 1 fully saturated rings. The number of sulfonamides is 1. The average molecular weight is 360 g/mol. The van der Waals surface area contributed by atoms with Gasteiger partial charge in [0.1, 0.15) is 0 Å². The smallest absolute Gasteiger partial charge is 0.243 e. The Morgan fingerprint density at radius 2 is 2.00 bits per heavy atom. The number of piperidine rings is 1. The monoisotopic (exact) mass is 359 g/mol. The van der Waals surface area contributed by atoms with E-state index in [1.807, 2.05) is 0 Å². The zero-order valence-corrected chi connectivity index (χ0v) is 13.8. The highest BCUT2D eigenvalue weighted by Crippen LogP contribution is 2.24. The summed E-state index contributed by atoms with van der Waals surface area (Å²) in [4.78, 5) is 11.9. The fraction of sp³-hybridized carbons (Fsp3) is 0.500. The molecule has 0 radical (unpaired) electrons. The van der Waals surface area contributed by atoms with Crippen LogP contribution in [-0.2, 0) is 10.0 Å². The first kappa shape index (κ1) is 15.7. The Morgan fingerprint density at radius 3 is 2.60 bits per heavy atom. The lowest BCUT2D eigenvalue weighted by molar-refractivity contribution is 0.102. The number of carbonyl (C=O) groups excluding carboxylic acids is 1. The van der Waals surface area contributed by atoms with Gasteiger partial charge in [-0.1, -0.05) is 35.0 Å². The molecule has 0 unspecified atom stereocenters. The SMILES string of the molecule is CC1CCN(S(=O)(=O)c2cccc(C(=O)CBr)c2)CC1. The molecule has 1 aliphatic rings. The third kappa shape index (κ3) is 3.30. The van der Waals surface area contributed by atoms with Crippen molar-refractivity contribution < 1.29 is 13.2 Å². The Bertz CT molecular complexity index is 592. The molecule has 0 atom stereocenters. The van der Waals surface area contributed by atoms with Crippen molar-refractivity contribution in [3.8, 4) is 0 Å². The second-order valence-electron chi connectivity index (χ2n) is 5.17. The standard InChI is InChI=1S/C14H18BrNO3S/c1-11-5-7-16(8-6-11)20(18,19)13-4-2-3-12(9-13)14(17)10-15/h2-4,9,11H,5-8,10H2,1H3. The minimum absolute atomic E-state index is 0.116. The number of nitrogens with zero attached hydrogens (tertiary/aromatic N) is 1. The molecule has 0 amide bonds. The van der Waals surface area contributed by atoms with Crippen LogP contribution in [0.15, 0.2) is 29.2 Å². The maximum atomic E-state index is 12.6. The number of hydrogen-bond donors (Lipinski definition) is 0. The van der Waals surface area contributed by atoms with Crippen LogP contribution in [0.5, 0.6) is 0 Å². The molecular weight excluding hydrogens is 342 g/mol. The predicted molar refractivity (Wildman–Crippen MR) is 81.7 cm³/mol. The van der Waals surface area contributed by atoms with Crippen LogP contribution in [-0.4, -0.2) is 36.9 Å². The van der Waals surface area contributed by atoms with E-state index in [2.05, 4.69) is 22.9 Å². The van der Waals surface area contributed by atoms with Crippen LogP contribution in [0.25, 0.3) is 0 Å². The molecule has 0 spiro atoms. The third-order valence-corrected chi connectivity index (χ3v) is 6.06. The zero-order valence-electron chi connectivity index (χ0n) is 11.4. The Hall–Kier alpha value is -0.720. The van der Waals surface area contributed by atoms with Gasteiger partial charge in [0.05, 0.1) is 10.2 Å². The first-order valence-electron chi connectivity index (χ1n) is 6.64. The highest BCUT2D eigenvalue weighted by atomic mass is 79.9. The van der Waals surface area contributed by atoms with Gasteiger partial charge in [-0.3, -0.25) is 4.79 Å². The number of rotatable bonds is 4. The van der Waals surface area contributed by atoms with Crippen molar-refractivity contribution in [2.75, 3.05) is 18.4 Å². The number of alkyl halides is 1. The molecule has 20 heavy (non-hydrogen) atoms. The quantitative estimate of drug-likeness (QED) is 0.613. The highest BCUT2D eigenvalue weighted by molar-refractivity contribution is 9.09. The van der Waals surface area contributed by atoms with Crippen LogP contribution in [0, 0.1) is 5.92 Å². The van der Waals surface area contributed by atoms with Gasteiger partial charge in [-0.05, 0) is 30.9 Å². The molecule has 0 aliphatic carbocycles. The molecule has 1 saturated heterocycles. The number of carbonyl (C=O) groups is 1. The summed E-state index contributed by atoms with van der Waals surface area (Å²) in [7, 11) is -3.48.